The maximum atomic E-state index is 5.40. The lowest BCUT2D eigenvalue weighted by Gasteiger charge is -2.15. The lowest BCUT2D eigenvalue weighted by atomic mass is 10.2. The highest BCUT2D eigenvalue weighted by atomic mass is 16.5. The van der Waals surface area contributed by atoms with Crippen molar-refractivity contribution in [3.8, 4) is 17.2 Å². The second-order valence-electron chi connectivity index (χ2n) is 4.55. The van der Waals surface area contributed by atoms with E-state index in [1.165, 1.54) is 0 Å². The molecule has 5 heteroatoms. The molecule has 0 unspecified atom stereocenters. The third-order valence-corrected chi connectivity index (χ3v) is 3.24. The maximum absolute atomic E-state index is 5.40. The molecular weight excluding hydrogens is 280 g/mol. The SMILES string of the molecule is COc1cc(OC)c(/C=N/N(C)c2ccccc2)c(OC)c1. The smallest absolute Gasteiger partial charge is 0.135 e. The number of para-hydroxylation sites is 1. The van der Waals surface area contributed by atoms with Crippen LogP contribution in [0.1, 0.15) is 5.56 Å². The zero-order valence-electron chi connectivity index (χ0n) is 13.2. The molecule has 0 aliphatic heterocycles. The quantitative estimate of drug-likeness (QED) is 0.607. The van der Waals surface area contributed by atoms with Crippen LogP contribution in [0.2, 0.25) is 0 Å². The molecule has 2 aromatic rings. The number of nitrogens with zero attached hydrogens (tertiary/aromatic N) is 2. The van der Waals surface area contributed by atoms with Gasteiger partial charge in [-0.25, -0.2) is 0 Å². The summed E-state index contributed by atoms with van der Waals surface area (Å²) in [5.74, 6) is 1.95. The lowest BCUT2D eigenvalue weighted by Crippen LogP contribution is -2.09. The Morgan fingerprint density at radius 1 is 0.909 bits per heavy atom. The molecule has 0 radical (unpaired) electrons. The molecule has 0 heterocycles. The van der Waals surface area contributed by atoms with E-state index in [4.69, 9.17) is 14.2 Å². The van der Waals surface area contributed by atoms with Gasteiger partial charge in [0.2, 0.25) is 0 Å². The van der Waals surface area contributed by atoms with Gasteiger partial charge in [-0.2, -0.15) is 5.10 Å². The Morgan fingerprint density at radius 2 is 1.50 bits per heavy atom. The van der Waals surface area contributed by atoms with Crippen molar-refractivity contribution >= 4 is 11.9 Å². The molecule has 2 rings (SSSR count). The summed E-state index contributed by atoms with van der Waals surface area (Å²) in [7, 11) is 6.69. The monoisotopic (exact) mass is 300 g/mol. The minimum atomic E-state index is 0.640. The fraction of sp³-hybridized carbons (Fsp3) is 0.235. The summed E-state index contributed by atoms with van der Waals surface area (Å²) in [6.45, 7) is 0. The average molecular weight is 300 g/mol. The van der Waals surface area contributed by atoms with Crippen molar-refractivity contribution in [1.29, 1.82) is 0 Å². The molecule has 0 aliphatic carbocycles. The molecule has 0 N–H and O–H groups in total. The Morgan fingerprint density at radius 3 is 2.00 bits per heavy atom. The summed E-state index contributed by atoms with van der Waals surface area (Å²) in [5.41, 5.74) is 1.75. The molecular formula is C17H20N2O3. The number of hydrogen-bond donors (Lipinski definition) is 0. The van der Waals surface area contributed by atoms with E-state index in [1.54, 1.807) is 44.7 Å². The van der Waals surface area contributed by atoms with Crippen LogP contribution in [0.25, 0.3) is 0 Å². The van der Waals surface area contributed by atoms with Crippen LogP contribution in [-0.4, -0.2) is 34.6 Å². The van der Waals surface area contributed by atoms with Crippen LogP contribution in [0.15, 0.2) is 47.6 Å². The fourth-order valence-corrected chi connectivity index (χ4v) is 2.01. The summed E-state index contributed by atoms with van der Waals surface area (Å²) in [6, 6.07) is 13.5. The summed E-state index contributed by atoms with van der Waals surface area (Å²) >= 11 is 0. The van der Waals surface area contributed by atoms with Gasteiger partial charge in [-0.1, -0.05) is 18.2 Å². The van der Waals surface area contributed by atoms with E-state index in [-0.39, 0.29) is 0 Å². The van der Waals surface area contributed by atoms with E-state index in [0.29, 0.717) is 17.2 Å². The van der Waals surface area contributed by atoms with Gasteiger partial charge in [0.15, 0.2) is 0 Å². The lowest BCUT2D eigenvalue weighted by molar-refractivity contribution is 0.374. The second kappa shape index (κ2) is 7.36. The van der Waals surface area contributed by atoms with Gasteiger partial charge in [-0.15, -0.1) is 0 Å². The first-order valence-electron chi connectivity index (χ1n) is 6.82. The Bertz CT molecular complexity index is 617. The summed E-state index contributed by atoms with van der Waals surface area (Å²) in [4.78, 5) is 0. The van der Waals surface area contributed by atoms with Crippen molar-refractivity contribution in [1.82, 2.24) is 0 Å². The highest BCUT2D eigenvalue weighted by molar-refractivity contribution is 5.88. The molecule has 0 aromatic heterocycles. The Hall–Kier alpha value is -2.69. The van der Waals surface area contributed by atoms with E-state index in [2.05, 4.69) is 5.10 Å². The fourth-order valence-electron chi connectivity index (χ4n) is 2.01. The average Bonchev–Trinajstić information content (AvgIpc) is 2.59. The third-order valence-electron chi connectivity index (χ3n) is 3.24. The van der Waals surface area contributed by atoms with E-state index in [9.17, 15) is 0 Å². The normalized spacial score (nSPS) is 10.5. The summed E-state index contributed by atoms with van der Waals surface area (Å²) < 4.78 is 16.0. The zero-order chi connectivity index (χ0) is 15.9. The van der Waals surface area contributed by atoms with Crippen molar-refractivity contribution in [3.63, 3.8) is 0 Å². The van der Waals surface area contributed by atoms with Gasteiger partial charge in [0.1, 0.15) is 17.2 Å². The van der Waals surface area contributed by atoms with Crippen molar-refractivity contribution in [2.75, 3.05) is 33.4 Å². The van der Waals surface area contributed by atoms with Gasteiger partial charge in [0, 0.05) is 19.2 Å². The van der Waals surface area contributed by atoms with Gasteiger partial charge in [-0.3, -0.25) is 5.01 Å². The predicted molar refractivity (Wildman–Crippen MR) is 88.5 cm³/mol. The van der Waals surface area contributed by atoms with Gasteiger partial charge in [0.05, 0.1) is 38.8 Å². The van der Waals surface area contributed by atoms with Crippen molar-refractivity contribution in [2.24, 2.45) is 5.10 Å². The third kappa shape index (κ3) is 3.49. The van der Waals surface area contributed by atoms with E-state index in [1.807, 2.05) is 37.4 Å². The van der Waals surface area contributed by atoms with E-state index < -0.39 is 0 Å². The van der Waals surface area contributed by atoms with Crippen LogP contribution in [0.3, 0.4) is 0 Å². The topological polar surface area (TPSA) is 43.3 Å². The molecule has 2 aromatic carbocycles. The molecule has 0 saturated carbocycles. The first kappa shape index (κ1) is 15.7. The molecule has 0 atom stereocenters. The van der Waals surface area contributed by atoms with E-state index >= 15 is 0 Å². The van der Waals surface area contributed by atoms with Gasteiger partial charge >= 0.3 is 0 Å². The van der Waals surface area contributed by atoms with Crippen molar-refractivity contribution < 1.29 is 14.2 Å². The number of methoxy groups -OCH3 is 3. The maximum Gasteiger partial charge on any atom is 0.135 e. The largest absolute Gasteiger partial charge is 0.496 e. The Labute approximate surface area is 130 Å². The van der Waals surface area contributed by atoms with Crippen LogP contribution in [0, 0.1) is 0 Å². The molecule has 0 spiro atoms. The zero-order valence-corrected chi connectivity index (χ0v) is 13.2. The van der Waals surface area contributed by atoms with Gasteiger partial charge in [-0.05, 0) is 12.1 Å². The molecule has 0 fully saturated rings. The van der Waals surface area contributed by atoms with Crippen LogP contribution in [0.5, 0.6) is 17.2 Å². The minimum absolute atomic E-state index is 0.640. The van der Waals surface area contributed by atoms with E-state index in [0.717, 1.165) is 11.3 Å². The number of anilines is 1. The Kier molecular flexibility index (Phi) is 5.25. The summed E-state index contributed by atoms with van der Waals surface area (Å²) in [6.07, 6.45) is 1.71. The van der Waals surface area contributed by atoms with Crippen molar-refractivity contribution in [3.05, 3.63) is 48.0 Å². The van der Waals surface area contributed by atoms with Gasteiger partial charge in [0.25, 0.3) is 0 Å². The predicted octanol–water partition coefficient (Wildman–Crippen LogP) is 3.18. The van der Waals surface area contributed by atoms with Crippen LogP contribution in [-0.2, 0) is 0 Å². The van der Waals surface area contributed by atoms with Crippen LogP contribution in [0.4, 0.5) is 5.69 Å². The number of ether oxygens (including phenoxy) is 3. The first-order valence-corrected chi connectivity index (χ1v) is 6.82. The molecule has 0 saturated heterocycles. The number of hydrogen-bond acceptors (Lipinski definition) is 5. The highest BCUT2D eigenvalue weighted by Gasteiger charge is 2.11. The standard InChI is InChI=1S/C17H20N2O3/c1-19(13-8-6-5-7-9-13)18-12-15-16(21-3)10-14(20-2)11-17(15)22-4/h5-12H,1-4H3/b18-12+. The Balaban J connectivity index is 2.33. The molecule has 5 nitrogen and oxygen atoms in total. The van der Waals surface area contributed by atoms with Gasteiger partial charge < -0.3 is 14.2 Å². The molecule has 0 amide bonds. The summed E-state index contributed by atoms with van der Waals surface area (Å²) in [5, 5.41) is 6.23. The van der Waals surface area contributed by atoms with Crippen LogP contribution < -0.4 is 19.2 Å². The van der Waals surface area contributed by atoms with Crippen LogP contribution >= 0.6 is 0 Å². The molecule has 22 heavy (non-hydrogen) atoms. The molecule has 0 aliphatic rings. The second-order valence-corrected chi connectivity index (χ2v) is 4.55. The van der Waals surface area contributed by atoms with Crippen molar-refractivity contribution in [2.45, 2.75) is 0 Å². The highest BCUT2D eigenvalue weighted by Crippen LogP contribution is 2.32. The number of rotatable bonds is 6. The molecule has 116 valence electrons. The first-order chi connectivity index (χ1) is 10.7. The molecule has 0 bridgehead atoms. The number of hydrazone groups is 1. The number of benzene rings is 2. The minimum Gasteiger partial charge on any atom is -0.496 e.